The molecule has 0 fully saturated rings. The van der Waals surface area contributed by atoms with Gasteiger partial charge in [0, 0.05) is 6.61 Å². The Bertz CT molecular complexity index is 235. The molecule has 3 N–H and O–H groups in total. The first-order chi connectivity index (χ1) is 7.95. The number of aliphatic carboxylic acids is 2. The Labute approximate surface area is 101 Å². The van der Waals surface area contributed by atoms with Gasteiger partial charge in [-0.1, -0.05) is 32.1 Å². The predicted octanol–water partition coefficient (Wildman–Crippen LogP) is 1.88. The van der Waals surface area contributed by atoms with Gasteiger partial charge in [-0.2, -0.15) is 0 Å². The lowest BCUT2D eigenvalue weighted by Crippen LogP contribution is -2.36. The van der Waals surface area contributed by atoms with Crippen molar-refractivity contribution in [1.29, 1.82) is 0 Å². The fourth-order valence-electron chi connectivity index (χ4n) is 1.60. The second-order valence-corrected chi connectivity index (χ2v) is 4.54. The Morgan fingerprint density at radius 1 is 0.882 bits per heavy atom. The number of carboxylic acids is 2. The molecule has 0 saturated carbocycles. The Morgan fingerprint density at radius 2 is 1.29 bits per heavy atom. The number of aliphatic hydroxyl groups is 1. The summed E-state index contributed by atoms with van der Waals surface area (Å²) in [6.45, 7) is 1.46. The average Bonchev–Trinajstić information content (AvgIpc) is 2.27. The number of carboxylic acid groups (broad SMARTS) is 2. The highest BCUT2D eigenvalue weighted by Crippen LogP contribution is 2.25. The van der Waals surface area contributed by atoms with E-state index in [4.69, 9.17) is 15.3 Å². The highest BCUT2D eigenvalue weighted by molar-refractivity contribution is 5.97. The molecule has 0 rings (SSSR count). The maximum Gasteiger partial charge on any atom is 0.320 e. The Hall–Kier alpha value is -1.10. The van der Waals surface area contributed by atoms with Crippen LogP contribution in [-0.2, 0) is 9.59 Å². The third-order valence-corrected chi connectivity index (χ3v) is 3.03. The van der Waals surface area contributed by atoms with Crippen LogP contribution in [-0.4, -0.2) is 33.9 Å². The van der Waals surface area contributed by atoms with Gasteiger partial charge in [0.05, 0.1) is 0 Å². The first-order valence-electron chi connectivity index (χ1n) is 6.03. The van der Waals surface area contributed by atoms with E-state index >= 15 is 0 Å². The summed E-state index contributed by atoms with van der Waals surface area (Å²) in [4.78, 5) is 21.7. The monoisotopic (exact) mass is 246 g/mol. The fourth-order valence-corrected chi connectivity index (χ4v) is 1.60. The zero-order valence-electron chi connectivity index (χ0n) is 10.3. The first-order valence-corrected chi connectivity index (χ1v) is 6.03. The fraction of sp³-hybridized carbons (Fsp3) is 0.833. The highest BCUT2D eigenvalue weighted by atomic mass is 16.4. The van der Waals surface area contributed by atoms with E-state index in [1.54, 1.807) is 0 Å². The lowest BCUT2D eigenvalue weighted by molar-refractivity contribution is -0.163. The lowest BCUT2D eigenvalue weighted by Gasteiger charge is -2.19. The van der Waals surface area contributed by atoms with Gasteiger partial charge in [-0.05, 0) is 19.8 Å². The summed E-state index contributed by atoms with van der Waals surface area (Å²) in [5.74, 6) is -2.55. The Balaban J connectivity index is 3.78. The van der Waals surface area contributed by atoms with Crippen LogP contribution in [0, 0.1) is 5.41 Å². The molecule has 0 aliphatic rings. The van der Waals surface area contributed by atoms with Gasteiger partial charge < -0.3 is 15.3 Å². The maximum absolute atomic E-state index is 10.9. The summed E-state index contributed by atoms with van der Waals surface area (Å²) in [6, 6.07) is 0. The van der Waals surface area contributed by atoms with Crippen LogP contribution in [0.2, 0.25) is 0 Å². The SMILES string of the molecule is CC(CCCCCCCCO)(C(=O)O)C(=O)O. The molecule has 17 heavy (non-hydrogen) atoms. The van der Waals surface area contributed by atoms with E-state index in [1.165, 1.54) is 6.92 Å². The molecule has 0 aliphatic heterocycles. The summed E-state index contributed by atoms with van der Waals surface area (Å²) in [5.41, 5.74) is -1.66. The van der Waals surface area contributed by atoms with Gasteiger partial charge in [0.1, 0.15) is 0 Å². The van der Waals surface area contributed by atoms with Crippen LogP contribution in [0.15, 0.2) is 0 Å². The number of aliphatic hydroxyl groups excluding tert-OH is 1. The molecule has 0 aromatic carbocycles. The molecule has 5 nitrogen and oxygen atoms in total. The van der Waals surface area contributed by atoms with Crippen molar-refractivity contribution in [1.82, 2.24) is 0 Å². The standard InChI is InChI=1S/C12H22O5/c1-12(10(14)15,11(16)17)8-6-4-2-3-5-7-9-13/h13H,2-9H2,1H3,(H,14,15)(H,16,17). The van der Waals surface area contributed by atoms with Crippen molar-refractivity contribution in [2.75, 3.05) is 6.61 Å². The van der Waals surface area contributed by atoms with E-state index in [9.17, 15) is 9.59 Å². The van der Waals surface area contributed by atoms with Crippen LogP contribution in [0.5, 0.6) is 0 Å². The molecule has 0 spiro atoms. The van der Waals surface area contributed by atoms with Crippen molar-refractivity contribution in [3.8, 4) is 0 Å². The van der Waals surface area contributed by atoms with E-state index in [0.29, 0.717) is 6.42 Å². The van der Waals surface area contributed by atoms with Crippen molar-refractivity contribution < 1.29 is 24.9 Å². The molecule has 100 valence electrons. The van der Waals surface area contributed by atoms with Crippen LogP contribution in [0.1, 0.15) is 51.9 Å². The van der Waals surface area contributed by atoms with Gasteiger partial charge in [0.15, 0.2) is 5.41 Å². The molecular formula is C12H22O5. The quantitative estimate of drug-likeness (QED) is 0.404. The van der Waals surface area contributed by atoms with E-state index in [0.717, 1.165) is 32.1 Å². The van der Waals surface area contributed by atoms with Crippen molar-refractivity contribution >= 4 is 11.9 Å². The second-order valence-electron chi connectivity index (χ2n) is 4.54. The van der Waals surface area contributed by atoms with E-state index in [2.05, 4.69) is 0 Å². The maximum atomic E-state index is 10.9. The van der Waals surface area contributed by atoms with Crippen molar-refractivity contribution in [2.24, 2.45) is 5.41 Å². The van der Waals surface area contributed by atoms with Crippen LogP contribution in [0.25, 0.3) is 0 Å². The zero-order valence-corrected chi connectivity index (χ0v) is 10.3. The molecule has 0 aliphatic carbocycles. The topological polar surface area (TPSA) is 94.8 Å². The van der Waals surface area contributed by atoms with Crippen LogP contribution >= 0.6 is 0 Å². The summed E-state index contributed by atoms with van der Waals surface area (Å²) < 4.78 is 0. The average molecular weight is 246 g/mol. The first kappa shape index (κ1) is 15.9. The molecule has 0 saturated heterocycles. The minimum Gasteiger partial charge on any atom is -0.480 e. The number of hydrogen-bond donors (Lipinski definition) is 3. The van der Waals surface area contributed by atoms with Gasteiger partial charge in [-0.3, -0.25) is 9.59 Å². The molecule has 0 atom stereocenters. The summed E-state index contributed by atoms with van der Waals surface area (Å²) in [5, 5.41) is 26.3. The molecule has 0 aromatic heterocycles. The number of hydrogen-bond acceptors (Lipinski definition) is 3. The number of carbonyl (C=O) groups is 2. The van der Waals surface area contributed by atoms with Crippen LogP contribution in [0.4, 0.5) is 0 Å². The minimum atomic E-state index is -1.66. The van der Waals surface area contributed by atoms with Gasteiger partial charge in [0.2, 0.25) is 0 Å². The molecule has 0 radical (unpaired) electrons. The van der Waals surface area contributed by atoms with Crippen molar-refractivity contribution in [3.63, 3.8) is 0 Å². The largest absolute Gasteiger partial charge is 0.480 e. The smallest absolute Gasteiger partial charge is 0.320 e. The summed E-state index contributed by atoms with van der Waals surface area (Å²) in [6.07, 6.45) is 5.31. The summed E-state index contributed by atoms with van der Waals surface area (Å²) >= 11 is 0. The molecule has 0 aromatic rings. The van der Waals surface area contributed by atoms with E-state index in [1.807, 2.05) is 0 Å². The normalized spacial score (nSPS) is 11.4. The van der Waals surface area contributed by atoms with Gasteiger partial charge in [0.25, 0.3) is 0 Å². The van der Waals surface area contributed by atoms with Gasteiger partial charge in [-0.15, -0.1) is 0 Å². The molecule has 0 heterocycles. The van der Waals surface area contributed by atoms with Crippen LogP contribution < -0.4 is 0 Å². The third-order valence-electron chi connectivity index (χ3n) is 3.03. The Morgan fingerprint density at radius 3 is 1.71 bits per heavy atom. The molecule has 0 unspecified atom stereocenters. The lowest BCUT2D eigenvalue weighted by atomic mass is 9.85. The summed E-state index contributed by atoms with van der Waals surface area (Å²) in [7, 11) is 0. The van der Waals surface area contributed by atoms with Gasteiger partial charge in [-0.25, -0.2) is 0 Å². The molecule has 0 bridgehead atoms. The molecule has 0 amide bonds. The number of unbranched alkanes of at least 4 members (excludes halogenated alkanes) is 5. The second kappa shape index (κ2) is 8.06. The highest BCUT2D eigenvalue weighted by Gasteiger charge is 2.40. The predicted molar refractivity (Wildman–Crippen MR) is 62.8 cm³/mol. The minimum absolute atomic E-state index is 0.164. The molecular weight excluding hydrogens is 224 g/mol. The van der Waals surface area contributed by atoms with E-state index in [-0.39, 0.29) is 13.0 Å². The number of rotatable bonds is 10. The Kier molecular flexibility index (Phi) is 7.54. The van der Waals surface area contributed by atoms with Gasteiger partial charge >= 0.3 is 11.9 Å². The zero-order chi connectivity index (χ0) is 13.3. The van der Waals surface area contributed by atoms with E-state index < -0.39 is 17.4 Å². The molecule has 5 heteroatoms. The van der Waals surface area contributed by atoms with Crippen molar-refractivity contribution in [2.45, 2.75) is 51.9 Å². The van der Waals surface area contributed by atoms with Crippen molar-refractivity contribution in [3.05, 3.63) is 0 Å². The third kappa shape index (κ3) is 5.68. The van der Waals surface area contributed by atoms with Crippen LogP contribution in [0.3, 0.4) is 0 Å².